The van der Waals surface area contributed by atoms with Gasteiger partial charge in [0.15, 0.2) is 0 Å². The number of thioether (sulfide) groups is 1. The molecule has 3 rings (SSSR count). The van der Waals surface area contributed by atoms with Gasteiger partial charge in [0.2, 0.25) is 0 Å². The Morgan fingerprint density at radius 1 is 1.33 bits per heavy atom. The molecule has 2 aliphatic heterocycles. The Kier molecular flexibility index (Phi) is 5.52. The number of fused-ring (bicyclic) bond motifs is 1. The van der Waals surface area contributed by atoms with E-state index < -0.39 is 0 Å². The van der Waals surface area contributed by atoms with Crippen molar-refractivity contribution < 1.29 is 9.59 Å². The predicted molar refractivity (Wildman–Crippen MR) is 114 cm³/mol. The first-order valence-electron chi connectivity index (χ1n) is 9.56. The summed E-state index contributed by atoms with van der Waals surface area (Å²) in [6.45, 7) is 14.0. The lowest BCUT2D eigenvalue weighted by Gasteiger charge is -2.47. The molecule has 2 aliphatic rings. The lowest BCUT2D eigenvalue weighted by molar-refractivity contribution is -0.122. The number of nitrogens with zero attached hydrogens (tertiary/aromatic N) is 2. The second-order valence-corrected chi connectivity index (χ2v) is 8.96. The van der Waals surface area contributed by atoms with Crippen LogP contribution >= 0.6 is 11.8 Å². The molecule has 1 unspecified atom stereocenters. The molecule has 0 aliphatic carbocycles. The maximum atomic E-state index is 12.4. The number of carbonyl (C=O) groups excluding carboxylic acids is 2. The Hall–Kier alpha value is -2.01. The van der Waals surface area contributed by atoms with Crippen LogP contribution in [0.5, 0.6) is 0 Å². The molecule has 2 heterocycles. The summed E-state index contributed by atoms with van der Waals surface area (Å²) in [4.78, 5) is 28.7. The highest BCUT2D eigenvalue weighted by Crippen LogP contribution is 2.44. The Labute approximate surface area is 166 Å². The molecule has 144 valence electrons. The van der Waals surface area contributed by atoms with Crippen molar-refractivity contribution in [1.82, 2.24) is 4.90 Å². The van der Waals surface area contributed by atoms with Crippen LogP contribution in [0.3, 0.4) is 0 Å². The molecule has 0 N–H and O–H groups in total. The molecule has 4 nitrogen and oxygen atoms in total. The van der Waals surface area contributed by atoms with Gasteiger partial charge in [-0.25, -0.2) is 0 Å². The second-order valence-electron chi connectivity index (χ2n) is 7.97. The van der Waals surface area contributed by atoms with Crippen LogP contribution in [-0.4, -0.2) is 34.7 Å². The fraction of sp³-hybridized carbons (Fsp3) is 0.455. The summed E-state index contributed by atoms with van der Waals surface area (Å²) in [5.41, 5.74) is 3.72. The van der Waals surface area contributed by atoms with E-state index in [-0.39, 0.29) is 23.2 Å². The van der Waals surface area contributed by atoms with Crippen LogP contribution in [-0.2, 0) is 4.79 Å². The van der Waals surface area contributed by atoms with Crippen molar-refractivity contribution in [1.29, 1.82) is 0 Å². The zero-order valence-corrected chi connectivity index (χ0v) is 17.4. The Balaban J connectivity index is 1.95. The summed E-state index contributed by atoms with van der Waals surface area (Å²) in [5.74, 6) is 0.219. The first kappa shape index (κ1) is 19.7. The van der Waals surface area contributed by atoms with E-state index in [0.29, 0.717) is 10.8 Å². The van der Waals surface area contributed by atoms with Crippen molar-refractivity contribution in [2.24, 2.45) is 0 Å². The second kappa shape index (κ2) is 7.55. The maximum Gasteiger partial charge on any atom is 0.293 e. The zero-order chi connectivity index (χ0) is 19.8. The van der Waals surface area contributed by atoms with Crippen molar-refractivity contribution in [2.45, 2.75) is 52.0 Å². The molecular weight excluding hydrogens is 356 g/mol. The van der Waals surface area contributed by atoms with Gasteiger partial charge < -0.3 is 4.90 Å². The van der Waals surface area contributed by atoms with Crippen molar-refractivity contribution in [3.05, 3.63) is 46.9 Å². The van der Waals surface area contributed by atoms with Crippen molar-refractivity contribution in [3.63, 3.8) is 0 Å². The van der Waals surface area contributed by atoms with Crippen molar-refractivity contribution >= 4 is 34.7 Å². The lowest BCUT2D eigenvalue weighted by atomic mass is 9.79. The quantitative estimate of drug-likeness (QED) is 0.503. The smallest absolute Gasteiger partial charge is 0.293 e. The van der Waals surface area contributed by atoms with E-state index in [2.05, 4.69) is 57.4 Å². The summed E-state index contributed by atoms with van der Waals surface area (Å²) in [6, 6.07) is 6.40. The highest BCUT2D eigenvalue weighted by atomic mass is 32.2. The Bertz CT molecular complexity index is 813. The predicted octanol–water partition coefficient (Wildman–Crippen LogP) is 5.41. The molecule has 1 atom stereocenters. The highest BCUT2D eigenvalue weighted by Gasteiger charge is 2.36. The van der Waals surface area contributed by atoms with Crippen LogP contribution in [0.2, 0.25) is 0 Å². The van der Waals surface area contributed by atoms with Gasteiger partial charge in [0.1, 0.15) is 0 Å². The van der Waals surface area contributed by atoms with Crippen molar-refractivity contribution in [3.8, 4) is 0 Å². The van der Waals surface area contributed by atoms with Gasteiger partial charge in [-0.3, -0.25) is 14.5 Å². The minimum Gasteiger partial charge on any atom is -0.366 e. The Morgan fingerprint density at radius 3 is 2.74 bits per heavy atom. The van der Waals surface area contributed by atoms with Gasteiger partial charge in [-0.05, 0) is 73.7 Å². The first-order chi connectivity index (χ1) is 12.8. The van der Waals surface area contributed by atoms with Gasteiger partial charge in [-0.1, -0.05) is 26.0 Å². The minimum absolute atomic E-state index is 0.136. The third-order valence-corrected chi connectivity index (χ3v) is 6.25. The van der Waals surface area contributed by atoms with Gasteiger partial charge in [0.05, 0.1) is 4.91 Å². The third kappa shape index (κ3) is 3.70. The highest BCUT2D eigenvalue weighted by molar-refractivity contribution is 8.18. The number of amides is 2. The lowest BCUT2D eigenvalue weighted by Crippen LogP contribution is -2.48. The van der Waals surface area contributed by atoms with Gasteiger partial charge in [0.25, 0.3) is 11.1 Å². The van der Waals surface area contributed by atoms with E-state index in [0.717, 1.165) is 36.7 Å². The normalized spacial score (nSPS) is 23.1. The minimum atomic E-state index is -0.232. The molecule has 1 aromatic carbocycles. The molecule has 0 bridgehead atoms. The summed E-state index contributed by atoms with van der Waals surface area (Å²) >= 11 is 1.00. The van der Waals surface area contributed by atoms with Gasteiger partial charge >= 0.3 is 0 Å². The van der Waals surface area contributed by atoms with Crippen LogP contribution in [0.15, 0.2) is 35.8 Å². The third-order valence-electron chi connectivity index (χ3n) is 5.34. The molecule has 0 saturated carbocycles. The van der Waals surface area contributed by atoms with E-state index in [9.17, 15) is 9.59 Å². The van der Waals surface area contributed by atoms with Crippen LogP contribution in [0, 0.1) is 0 Å². The zero-order valence-electron chi connectivity index (χ0n) is 16.6. The molecule has 1 saturated heterocycles. The monoisotopic (exact) mass is 384 g/mol. The number of carbonyl (C=O) groups is 2. The van der Waals surface area contributed by atoms with E-state index in [1.54, 1.807) is 6.08 Å². The molecule has 1 fully saturated rings. The van der Waals surface area contributed by atoms with Gasteiger partial charge in [0, 0.05) is 24.3 Å². The average Bonchev–Trinajstić information content (AvgIpc) is 2.86. The van der Waals surface area contributed by atoms with E-state index in [1.165, 1.54) is 16.2 Å². The molecular formula is C22H28N2O2S. The van der Waals surface area contributed by atoms with Crippen LogP contribution in [0.4, 0.5) is 10.5 Å². The SMILES string of the molecule is C=CCN1C(=O)S/C(=C/c2ccc3c(c2)C(C)CC(C)(C)N3CCC)C1=O. The molecule has 2 amide bonds. The van der Waals surface area contributed by atoms with Crippen LogP contribution in [0.25, 0.3) is 6.08 Å². The number of hydrogen-bond acceptors (Lipinski definition) is 4. The van der Waals surface area contributed by atoms with Gasteiger partial charge in [-0.15, -0.1) is 6.58 Å². The largest absolute Gasteiger partial charge is 0.366 e. The van der Waals surface area contributed by atoms with E-state index in [1.807, 2.05) is 6.08 Å². The van der Waals surface area contributed by atoms with Crippen LogP contribution < -0.4 is 4.90 Å². The molecule has 27 heavy (non-hydrogen) atoms. The maximum absolute atomic E-state index is 12.4. The Morgan fingerprint density at radius 2 is 2.07 bits per heavy atom. The molecule has 0 radical (unpaired) electrons. The number of rotatable bonds is 5. The first-order valence-corrected chi connectivity index (χ1v) is 10.4. The van der Waals surface area contributed by atoms with E-state index >= 15 is 0 Å². The number of imide groups is 1. The standard InChI is InChI=1S/C22H28N2O2S/c1-6-10-23-20(25)19(27-21(23)26)13-16-8-9-18-17(12-16)15(3)14-22(4,5)24(18)11-7-2/h6,8-9,12-13,15H,1,7,10-11,14H2,2-5H3/b19-13+. The summed E-state index contributed by atoms with van der Waals surface area (Å²) < 4.78 is 0. The summed E-state index contributed by atoms with van der Waals surface area (Å²) in [6.07, 6.45) is 5.61. The molecule has 1 aromatic rings. The summed E-state index contributed by atoms with van der Waals surface area (Å²) in [7, 11) is 0. The van der Waals surface area contributed by atoms with Crippen molar-refractivity contribution in [2.75, 3.05) is 18.0 Å². The van der Waals surface area contributed by atoms with Crippen LogP contribution in [0.1, 0.15) is 57.6 Å². The topological polar surface area (TPSA) is 40.6 Å². The fourth-order valence-corrected chi connectivity index (χ4v) is 5.03. The summed E-state index contributed by atoms with van der Waals surface area (Å²) in [5, 5.41) is -0.228. The molecule has 0 aromatic heterocycles. The molecule has 5 heteroatoms. The fourth-order valence-electron chi connectivity index (χ4n) is 4.18. The van der Waals surface area contributed by atoms with Gasteiger partial charge in [-0.2, -0.15) is 0 Å². The number of benzene rings is 1. The van der Waals surface area contributed by atoms with E-state index in [4.69, 9.17) is 0 Å². The number of hydrogen-bond donors (Lipinski definition) is 0. The number of anilines is 1. The average molecular weight is 385 g/mol. The molecule has 0 spiro atoms.